The highest BCUT2D eigenvalue weighted by Crippen LogP contribution is 2.38. The number of carbonyl (C=O) groups is 2. The maximum absolute atomic E-state index is 12.9. The van der Waals surface area contributed by atoms with Crippen LogP contribution in [0, 0.1) is 13.8 Å². The van der Waals surface area contributed by atoms with Crippen LogP contribution >= 0.6 is 23.1 Å². The average molecular weight is 543 g/mol. The first kappa shape index (κ1) is 27.2. The summed E-state index contributed by atoms with van der Waals surface area (Å²) in [5.41, 5.74) is 3.80. The fourth-order valence-electron chi connectivity index (χ4n) is 4.62. The van der Waals surface area contributed by atoms with Crippen molar-refractivity contribution in [1.82, 2.24) is 14.8 Å². The molecule has 8 nitrogen and oxygen atoms in total. The minimum Gasteiger partial charge on any atom is -0.482 e. The highest BCUT2D eigenvalue weighted by Gasteiger charge is 2.27. The summed E-state index contributed by atoms with van der Waals surface area (Å²) in [6.45, 7) is 8.69. The van der Waals surface area contributed by atoms with Gasteiger partial charge in [-0.1, -0.05) is 35.9 Å². The van der Waals surface area contributed by atoms with Gasteiger partial charge in [0.25, 0.3) is 0 Å². The minimum atomic E-state index is -0.393. The van der Waals surface area contributed by atoms with Crippen LogP contribution in [0.2, 0.25) is 0 Å². The van der Waals surface area contributed by atoms with Crippen molar-refractivity contribution in [3.63, 3.8) is 0 Å². The number of methoxy groups -OCH3 is 1. The lowest BCUT2D eigenvalue weighted by molar-refractivity contribution is -0.113. The Bertz CT molecular complexity index is 1280. The maximum Gasteiger partial charge on any atom is 0.341 e. The van der Waals surface area contributed by atoms with E-state index in [0.717, 1.165) is 49.0 Å². The number of hydrogen-bond donors (Lipinski definition) is 1. The second kappa shape index (κ2) is 12.1. The molecule has 1 amide bonds. The molecule has 1 aliphatic carbocycles. The van der Waals surface area contributed by atoms with Crippen LogP contribution in [0.1, 0.15) is 77.0 Å². The molecule has 0 spiro atoms. The molecule has 4 rings (SSSR count). The molecule has 198 valence electrons. The number of benzene rings is 1. The van der Waals surface area contributed by atoms with Gasteiger partial charge >= 0.3 is 5.97 Å². The van der Waals surface area contributed by atoms with Crippen LogP contribution in [0.4, 0.5) is 5.00 Å². The molecule has 0 aliphatic heterocycles. The van der Waals surface area contributed by atoms with Gasteiger partial charge in [-0.05, 0) is 70.6 Å². The molecule has 2 heterocycles. The number of nitrogens with zero attached hydrogens (tertiary/aromatic N) is 3. The molecule has 1 aromatic carbocycles. The van der Waals surface area contributed by atoms with Gasteiger partial charge in [0.05, 0.1) is 18.4 Å². The SMILES string of the molecule is CCn1c(SCC(=O)Nc2sc3c(c2C(=O)OC)CCCCC3)nnc1C(C)Oc1ccc(C)cc1C. The summed E-state index contributed by atoms with van der Waals surface area (Å²) in [6.07, 6.45) is 4.75. The number of thiophene rings is 1. The van der Waals surface area contributed by atoms with Crippen molar-refractivity contribution in [2.24, 2.45) is 0 Å². The lowest BCUT2D eigenvalue weighted by atomic mass is 10.1. The van der Waals surface area contributed by atoms with E-state index >= 15 is 0 Å². The molecule has 0 radical (unpaired) electrons. The molecule has 10 heteroatoms. The number of fused-ring (bicyclic) bond motifs is 1. The number of hydrogen-bond acceptors (Lipinski definition) is 8. The van der Waals surface area contributed by atoms with Gasteiger partial charge in [0.2, 0.25) is 5.91 Å². The largest absolute Gasteiger partial charge is 0.482 e. The van der Waals surface area contributed by atoms with Crippen LogP contribution in [0.3, 0.4) is 0 Å². The third-order valence-corrected chi connectivity index (χ3v) is 8.63. The van der Waals surface area contributed by atoms with E-state index in [1.54, 1.807) is 0 Å². The van der Waals surface area contributed by atoms with Gasteiger partial charge in [-0.15, -0.1) is 21.5 Å². The van der Waals surface area contributed by atoms with E-state index in [9.17, 15) is 9.59 Å². The van der Waals surface area contributed by atoms with Crippen molar-refractivity contribution in [1.29, 1.82) is 0 Å². The molecule has 0 fully saturated rings. The van der Waals surface area contributed by atoms with E-state index < -0.39 is 5.97 Å². The first-order chi connectivity index (χ1) is 17.8. The van der Waals surface area contributed by atoms with Crippen LogP contribution in [0.5, 0.6) is 5.75 Å². The number of amides is 1. The molecule has 0 bridgehead atoms. The standard InChI is InChI=1S/C27H34N4O4S2/c1-6-31-24(18(4)35-20-13-12-16(2)14-17(20)3)29-30-27(31)36-15-22(32)28-25-23(26(33)34-5)19-10-8-7-9-11-21(19)37-25/h12-14,18H,6-11,15H2,1-5H3,(H,28,32). The number of aryl methyl sites for hydroxylation is 3. The summed E-state index contributed by atoms with van der Waals surface area (Å²) in [5, 5.41) is 12.9. The zero-order valence-electron chi connectivity index (χ0n) is 22.1. The number of aromatic nitrogens is 3. The molecular weight excluding hydrogens is 508 g/mol. The number of rotatable bonds is 9. The summed E-state index contributed by atoms with van der Waals surface area (Å²) >= 11 is 2.81. The Labute approximate surface area is 226 Å². The third-order valence-electron chi connectivity index (χ3n) is 6.46. The van der Waals surface area contributed by atoms with Gasteiger partial charge in [0, 0.05) is 11.4 Å². The number of ether oxygens (including phenoxy) is 2. The van der Waals surface area contributed by atoms with Gasteiger partial charge in [-0.2, -0.15) is 0 Å². The van der Waals surface area contributed by atoms with Crippen LogP contribution in [-0.4, -0.2) is 39.5 Å². The molecule has 2 aromatic heterocycles. The fraction of sp³-hybridized carbons (Fsp3) is 0.481. The number of esters is 1. The molecule has 1 aliphatic rings. The Morgan fingerprint density at radius 1 is 1.19 bits per heavy atom. The second-order valence-corrected chi connectivity index (χ2v) is 11.3. The second-order valence-electron chi connectivity index (χ2n) is 9.21. The highest BCUT2D eigenvalue weighted by atomic mass is 32.2. The van der Waals surface area contributed by atoms with Gasteiger partial charge in [0.1, 0.15) is 10.8 Å². The summed E-state index contributed by atoms with van der Waals surface area (Å²) in [6, 6.07) is 6.08. The average Bonchev–Trinajstić information content (AvgIpc) is 3.36. The van der Waals surface area contributed by atoms with Gasteiger partial charge in [-0.25, -0.2) is 4.79 Å². The molecule has 37 heavy (non-hydrogen) atoms. The summed E-state index contributed by atoms with van der Waals surface area (Å²) in [4.78, 5) is 26.6. The predicted molar refractivity (Wildman–Crippen MR) is 147 cm³/mol. The Kier molecular flexibility index (Phi) is 8.91. The van der Waals surface area contributed by atoms with E-state index in [0.29, 0.717) is 28.1 Å². The van der Waals surface area contributed by atoms with E-state index in [1.807, 2.05) is 37.5 Å². The van der Waals surface area contributed by atoms with Crippen molar-refractivity contribution >= 4 is 40.0 Å². The molecular formula is C27H34N4O4S2. The summed E-state index contributed by atoms with van der Waals surface area (Å²) < 4.78 is 13.2. The highest BCUT2D eigenvalue weighted by molar-refractivity contribution is 7.99. The Balaban J connectivity index is 1.44. The number of nitrogens with one attached hydrogen (secondary N) is 1. The zero-order valence-corrected chi connectivity index (χ0v) is 23.7. The van der Waals surface area contributed by atoms with E-state index in [4.69, 9.17) is 9.47 Å². The first-order valence-electron chi connectivity index (χ1n) is 12.6. The normalized spacial score (nSPS) is 14.0. The Morgan fingerprint density at radius 3 is 2.70 bits per heavy atom. The van der Waals surface area contributed by atoms with E-state index in [-0.39, 0.29) is 17.8 Å². The van der Waals surface area contributed by atoms with Crippen molar-refractivity contribution in [2.75, 3.05) is 18.2 Å². The monoisotopic (exact) mass is 542 g/mol. The minimum absolute atomic E-state index is 0.146. The lowest BCUT2D eigenvalue weighted by Gasteiger charge is -2.17. The van der Waals surface area contributed by atoms with Crippen molar-refractivity contribution in [3.8, 4) is 5.75 Å². The van der Waals surface area contributed by atoms with Crippen molar-refractivity contribution in [3.05, 3.63) is 51.2 Å². The molecule has 3 aromatic rings. The molecule has 0 saturated heterocycles. The van der Waals surface area contributed by atoms with Gasteiger partial charge in [0.15, 0.2) is 17.1 Å². The third kappa shape index (κ3) is 6.18. The quantitative estimate of drug-likeness (QED) is 0.204. The van der Waals surface area contributed by atoms with Crippen molar-refractivity contribution in [2.45, 2.75) is 77.6 Å². The number of thioether (sulfide) groups is 1. The number of carbonyl (C=O) groups excluding carboxylic acids is 2. The maximum atomic E-state index is 12.9. The predicted octanol–water partition coefficient (Wildman–Crippen LogP) is 5.90. The summed E-state index contributed by atoms with van der Waals surface area (Å²) in [7, 11) is 1.38. The first-order valence-corrected chi connectivity index (χ1v) is 14.4. The van der Waals surface area contributed by atoms with Crippen LogP contribution in [0.15, 0.2) is 23.4 Å². The lowest BCUT2D eigenvalue weighted by Crippen LogP contribution is -2.17. The van der Waals surface area contributed by atoms with Crippen LogP contribution < -0.4 is 10.1 Å². The Hall–Kier alpha value is -2.85. The van der Waals surface area contributed by atoms with Crippen LogP contribution in [0.25, 0.3) is 0 Å². The van der Waals surface area contributed by atoms with E-state index in [2.05, 4.69) is 28.5 Å². The topological polar surface area (TPSA) is 95.3 Å². The summed E-state index contributed by atoms with van der Waals surface area (Å²) in [5.74, 6) is 1.08. The fourth-order valence-corrected chi connectivity index (χ4v) is 6.72. The van der Waals surface area contributed by atoms with Gasteiger partial charge < -0.3 is 19.4 Å². The molecule has 1 N–H and O–H groups in total. The van der Waals surface area contributed by atoms with Crippen LogP contribution in [-0.2, 0) is 28.9 Å². The zero-order chi connectivity index (χ0) is 26.5. The van der Waals surface area contributed by atoms with Gasteiger partial charge in [-0.3, -0.25) is 4.79 Å². The van der Waals surface area contributed by atoms with E-state index in [1.165, 1.54) is 40.6 Å². The molecule has 1 unspecified atom stereocenters. The van der Waals surface area contributed by atoms with Crippen molar-refractivity contribution < 1.29 is 19.1 Å². The molecule has 1 atom stereocenters. The smallest absolute Gasteiger partial charge is 0.341 e. The number of anilines is 1. The Morgan fingerprint density at radius 2 is 1.97 bits per heavy atom. The molecule has 0 saturated carbocycles.